The molecule has 1 N–H and O–H groups in total. The number of hydrogen-bond acceptors (Lipinski definition) is 5. The second-order valence-corrected chi connectivity index (χ2v) is 5.66. The number of carbonyl (C=O) groups is 2. The third kappa shape index (κ3) is 5.42. The van der Waals surface area contributed by atoms with Crippen molar-refractivity contribution in [1.29, 1.82) is 0 Å². The average molecular weight is 375 g/mol. The molecule has 8 heteroatoms. The summed E-state index contributed by atoms with van der Waals surface area (Å²) in [6.07, 6.45) is 1.26. The Balaban J connectivity index is 1.95. The minimum Gasteiger partial charge on any atom is -0.449 e. The topological polar surface area (TPSA) is 98.5 Å². The minimum absolute atomic E-state index is 0.134. The summed E-state index contributed by atoms with van der Waals surface area (Å²) < 4.78 is 5.00. The number of ether oxygens (including phenoxy) is 1. The molecule has 0 aliphatic carbocycles. The van der Waals surface area contributed by atoms with Crippen LogP contribution in [0.5, 0.6) is 0 Å². The number of nitrogens with zero attached hydrogens (tertiary/aromatic N) is 1. The van der Waals surface area contributed by atoms with Crippen molar-refractivity contribution in [2.45, 2.75) is 13.0 Å². The first-order valence-corrected chi connectivity index (χ1v) is 7.93. The van der Waals surface area contributed by atoms with Crippen molar-refractivity contribution in [3.8, 4) is 0 Å². The first-order valence-electron chi connectivity index (χ1n) is 7.55. The van der Waals surface area contributed by atoms with Gasteiger partial charge in [-0.3, -0.25) is 14.9 Å². The maximum absolute atomic E-state index is 12.0. The molecule has 1 amide bonds. The average Bonchev–Trinajstić information content (AvgIpc) is 2.62. The SMILES string of the molecule is C[C@@H](OC(=O)/C=C/c1ccccc1[N+](=O)[O-])C(=O)Nc1ccc(Cl)cc1. The predicted molar refractivity (Wildman–Crippen MR) is 97.8 cm³/mol. The molecule has 2 rings (SSSR count). The van der Waals surface area contributed by atoms with Gasteiger partial charge in [0.1, 0.15) is 0 Å². The third-order valence-corrected chi connectivity index (χ3v) is 3.56. The lowest BCUT2D eigenvalue weighted by atomic mass is 10.1. The number of hydrogen-bond donors (Lipinski definition) is 1. The monoisotopic (exact) mass is 374 g/mol. The van der Waals surface area contributed by atoms with Crippen LogP contribution in [0.25, 0.3) is 6.08 Å². The highest BCUT2D eigenvalue weighted by atomic mass is 35.5. The Morgan fingerprint density at radius 2 is 1.85 bits per heavy atom. The summed E-state index contributed by atoms with van der Waals surface area (Å²) in [6.45, 7) is 1.42. The number of anilines is 1. The summed E-state index contributed by atoms with van der Waals surface area (Å²) in [4.78, 5) is 34.2. The molecule has 0 aliphatic heterocycles. The van der Waals surface area contributed by atoms with Crippen LogP contribution in [0.4, 0.5) is 11.4 Å². The normalized spacial score (nSPS) is 11.8. The lowest BCUT2D eigenvalue weighted by Gasteiger charge is -2.12. The summed E-state index contributed by atoms with van der Waals surface area (Å²) in [6, 6.07) is 12.4. The van der Waals surface area contributed by atoms with Crippen molar-refractivity contribution >= 4 is 40.9 Å². The van der Waals surface area contributed by atoms with Gasteiger partial charge in [0.2, 0.25) is 0 Å². The number of rotatable bonds is 6. The van der Waals surface area contributed by atoms with Gasteiger partial charge in [-0.25, -0.2) is 4.79 Å². The molecule has 0 saturated heterocycles. The number of para-hydroxylation sites is 1. The number of benzene rings is 2. The van der Waals surface area contributed by atoms with Crippen molar-refractivity contribution in [1.82, 2.24) is 0 Å². The lowest BCUT2D eigenvalue weighted by molar-refractivity contribution is -0.385. The first-order chi connectivity index (χ1) is 12.4. The number of nitro benzene ring substituents is 1. The highest BCUT2D eigenvalue weighted by Crippen LogP contribution is 2.19. The second-order valence-electron chi connectivity index (χ2n) is 5.22. The van der Waals surface area contributed by atoms with E-state index in [0.717, 1.165) is 6.08 Å². The van der Waals surface area contributed by atoms with Gasteiger partial charge in [0.15, 0.2) is 6.10 Å². The lowest BCUT2D eigenvalue weighted by Crippen LogP contribution is -2.29. The zero-order valence-corrected chi connectivity index (χ0v) is 14.5. The molecule has 7 nitrogen and oxygen atoms in total. The van der Waals surface area contributed by atoms with E-state index in [0.29, 0.717) is 10.7 Å². The number of halogens is 1. The van der Waals surface area contributed by atoms with Crippen LogP contribution in [0.1, 0.15) is 12.5 Å². The van der Waals surface area contributed by atoms with E-state index in [2.05, 4.69) is 5.32 Å². The van der Waals surface area contributed by atoms with Gasteiger partial charge in [-0.2, -0.15) is 0 Å². The van der Waals surface area contributed by atoms with Crippen molar-refractivity contribution < 1.29 is 19.2 Å². The van der Waals surface area contributed by atoms with Crippen molar-refractivity contribution in [3.63, 3.8) is 0 Å². The molecular formula is C18H15ClN2O5. The molecule has 0 saturated carbocycles. The Hall–Kier alpha value is -3.19. The number of esters is 1. The van der Waals surface area contributed by atoms with Crippen molar-refractivity contribution in [3.05, 3.63) is 75.3 Å². The zero-order valence-electron chi connectivity index (χ0n) is 13.7. The highest BCUT2D eigenvalue weighted by Gasteiger charge is 2.17. The van der Waals surface area contributed by atoms with Crippen LogP contribution >= 0.6 is 11.6 Å². The van der Waals surface area contributed by atoms with E-state index in [4.69, 9.17) is 16.3 Å². The molecule has 0 fully saturated rings. The van der Waals surface area contributed by atoms with Crippen molar-refractivity contribution in [2.24, 2.45) is 0 Å². The molecule has 0 aromatic heterocycles. The van der Waals surface area contributed by atoms with E-state index in [1.165, 1.54) is 31.2 Å². The number of amides is 1. The predicted octanol–water partition coefficient (Wildman–Crippen LogP) is 3.83. The smallest absolute Gasteiger partial charge is 0.331 e. The Morgan fingerprint density at radius 1 is 1.19 bits per heavy atom. The first kappa shape index (κ1) is 19.1. The molecule has 26 heavy (non-hydrogen) atoms. The molecule has 0 unspecified atom stereocenters. The quantitative estimate of drug-likeness (QED) is 0.358. The van der Waals surface area contributed by atoms with Crippen LogP contribution in [-0.4, -0.2) is 22.9 Å². The molecule has 0 radical (unpaired) electrons. The molecule has 134 valence electrons. The van der Waals surface area contributed by atoms with E-state index in [9.17, 15) is 19.7 Å². The zero-order chi connectivity index (χ0) is 19.1. The number of nitrogens with one attached hydrogen (secondary N) is 1. The maximum Gasteiger partial charge on any atom is 0.331 e. The van der Waals surface area contributed by atoms with Gasteiger partial charge < -0.3 is 10.1 Å². The fraction of sp³-hybridized carbons (Fsp3) is 0.111. The van der Waals surface area contributed by atoms with E-state index in [1.807, 2.05) is 0 Å². The summed E-state index contributed by atoms with van der Waals surface area (Å²) in [7, 11) is 0. The summed E-state index contributed by atoms with van der Waals surface area (Å²) in [5, 5.41) is 14.0. The molecule has 0 spiro atoms. The Morgan fingerprint density at radius 3 is 2.50 bits per heavy atom. The van der Waals surface area contributed by atoms with Gasteiger partial charge >= 0.3 is 5.97 Å². The fourth-order valence-corrected chi connectivity index (χ4v) is 2.12. The Labute approximate surface area is 154 Å². The van der Waals surface area contributed by atoms with Crippen LogP contribution < -0.4 is 5.32 Å². The van der Waals surface area contributed by atoms with Gasteiger partial charge in [0.05, 0.1) is 10.5 Å². The van der Waals surface area contributed by atoms with E-state index in [1.54, 1.807) is 30.3 Å². The second kappa shape index (κ2) is 8.77. The molecule has 2 aromatic rings. The number of nitro groups is 1. The molecule has 0 bridgehead atoms. The van der Waals surface area contributed by atoms with Gasteiger partial charge in [-0.15, -0.1) is 0 Å². The van der Waals surface area contributed by atoms with Gasteiger partial charge in [0.25, 0.3) is 11.6 Å². The van der Waals surface area contributed by atoms with Gasteiger partial charge in [-0.1, -0.05) is 23.7 Å². The largest absolute Gasteiger partial charge is 0.449 e. The molecule has 0 heterocycles. The van der Waals surface area contributed by atoms with E-state index in [-0.39, 0.29) is 11.3 Å². The standard InChI is InChI=1S/C18H15ClN2O5/c1-12(18(23)20-15-9-7-14(19)8-10-15)26-17(22)11-6-13-4-2-3-5-16(13)21(24)25/h2-12H,1H3,(H,20,23)/b11-6+/t12-/m1/s1. The summed E-state index contributed by atoms with van der Waals surface area (Å²) >= 11 is 5.76. The van der Waals surface area contributed by atoms with Crippen molar-refractivity contribution in [2.75, 3.05) is 5.32 Å². The molecule has 2 aromatic carbocycles. The Bertz CT molecular complexity index is 849. The Kier molecular flexibility index (Phi) is 6.46. The fourth-order valence-electron chi connectivity index (χ4n) is 2.00. The van der Waals surface area contributed by atoms with Crippen LogP contribution in [0.15, 0.2) is 54.6 Å². The maximum atomic E-state index is 12.0. The van der Waals surface area contributed by atoms with Crippen LogP contribution in [-0.2, 0) is 14.3 Å². The molecular weight excluding hydrogens is 360 g/mol. The third-order valence-electron chi connectivity index (χ3n) is 3.31. The minimum atomic E-state index is -1.05. The van der Waals surface area contributed by atoms with E-state index >= 15 is 0 Å². The van der Waals surface area contributed by atoms with E-state index < -0.39 is 22.9 Å². The molecule has 1 atom stereocenters. The highest BCUT2D eigenvalue weighted by molar-refractivity contribution is 6.30. The van der Waals surface area contributed by atoms with Crippen LogP contribution in [0.2, 0.25) is 5.02 Å². The molecule has 0 aliphatic rings. The summed E-state index contributed by atoms with van der Waals surface area (Å²) in [5.74, 6) is -1.30. The van der Waals surface area contributed by atoms with Crippen LogP contribution in [0, 0.1) is 10.1 Å². The summed E-state index contributed by atoms with van der Waals surface area (Å²) in [5.41, 5.74) is 0.635. The van der Waals surface area contributed by atoms with Crippen LogP contribution in [0.3, 0.4) is 0 Å². The van der Waals surface area contributed by atoms with Gasteiger partial charge in [0, 0.05) is 22.9 Å². The number of carbonyl (C=O) groups excluding carboxylic acids is 2. The van der Waals surface area contributed by atoms with Gasteiger partial charge in [-0.05, 0) is 43.3 Å².